The van der Waals surface area contributed by atoms with Crippen molar-refractivity contribution in [2.45, 2.75) is 12.5 Å². The quantitative estimate of drug-likeness (QED) is 0.776. The number of anilines is 1. The Morgan fingerprint density at radius 3 is 2.65 bits per heavy atom. The molecule has 3 N–H and O–H groups in total. The molecule has 0 bridgehead atoms. The zero-order valence-corrected chi connectivity index (χ0v) is 11.0. The lowest BCUT2D eigenvalue weighted by atomic mass is 10.1. The lowest BCUT2D eigenvalue weighted by Crippen LogP contribution is -2.41. The molecule has 1 aromatic heterocycles. The Kier molecular flexibility index (Phi) is 5.08. The van der Waals surface area contributed by atoms with Crippen molar-refractivity contribution < 1.29 is 9.90 Å². The number of rotatable bonds is 5. The van der Waals surface area contributed by atoms with E-state index in [0.717, 1.165) is 5.56 Å². The standard InChI is InChI=1S/C15H17N3O2/c19-11-14(9-12-5-2-1-3-6-12)18-15(20)17-13-7-4-8-16-10-13/h1-8,10,14,19H,9,11H2,(H2,17,18,20)/t14-/m0/s1. The van der Waals surface area contributed by atoms with Crippen LogP contribution in [0.25, 0.3) is 0 Å². The van der Waals surface area contributed by atoms with Gasteiger partial charge in [0.25, 0.3) is 0 Å². The summed E-state index contributed by atoms with van der Waals surface area (Å²) in [7, 11) is 0. The average Bonchev–Trinajstić information content (AvgIpc) is 2.48. The van der Waals surface area contributed by atoms with Gasteiger partial charge in [0.15, 0.2) is 0 Å². The molecule has 0 aliphatic rings. The van der Waals surface area contributed by atoms with E-state index in [1.165, 1.54) is 0 Å². The van der Waals surface area contributed by atoms with Crippen LogP contribution in [-0.2, 0) is 6.42 Å². The SMILES string of the molecule is O=C(Nc1cccnc1)N[C@H](CO)Cc1ccccc1. The molecule has 2 rings (SSSR count). The molecule has 5 heteroatoms. The molecule has 2 aromatic rings. The fourth-order valence-corrected chi connectivity index (χ4v) is 1.85. The van der Waals surface area contributed by atoms with Crippen LogP contribution in [0.5, 0.6) is 0 Å². The molecule has 20 heavy (non-hydrogen) atoms. The van der Waals surface area contributed by atoms with Gasteiger partial charge < -0.3 is 15.7 Å². The van der Waals surface area contributed by atoms with Crippen LogP contribution in [0.1, 0.15) is 5.56 Å². The van der Waals surface area contributed by atoms with Crippen molar-refractivity contribution in [3.05, 3.63) is 60.4 Å². The van der Waals surface area contributed by atoms with Gasteiger partial charge in [-0.25, -0.2) is 4.79 Å². The minimum atomic E-state index is -0.354. The predicted octanol–water partition coefficient (Wildman–Crippen LogP) is 1.81. The second-order valence-electron chi connectivity index (χ2n) is 4.41. The Labute approximate surface area is 117 Å². The van der Waals surface area contributed by atoms with Crippen LogP contribution in [0.3, 0.4) is 0 Å². The van der Waals surface area contributed by atoms with Gasteiger partial charge in [-0.2, -0.15) is 0 Å². The largest absolute Gasteiger partial charge is 0.394 e. The van der Waals surface area contributed by atoms with E-state index in [2.05, 4.69) is 15.6 Å². The molecular formula is C15H17N3O2. The lowest BCUT2D eigenvalue weighted by Gasteiger charge is -2.16. The van der Waals surface area contributed by atoms with E-state index in [0.29, 0.717) is 12.1 Å². The van der Waals surface area contributed by atoms with Crippen molar-refractivity contribution in [3.8, 4) is 0 Å². The van der Waals surface area contributed by atoms with Crippen molar-refractivity contribution in [3.63, 3.8) is 0 Å². The monoisotopic (exact) mass is 271 g/mol. The number of nitrogens with zero attached hydrogens (tertiary/aromatic N) is 1. The number of nitrogens with one attached hydrogen (secondary N) is 2. The van der Waals surface area contributed by atoms with Crippen LogP contribution in [0.2, 0.25) is 0 Å². The highest BCUT2D eigenvalue weighted by molar-refractivity contribution is 5.89. The highest BCUT2D eigenvalue weighted by Gasteiger charge is 2.12. The molecular weight excluding hydrogens is 254 g/mol. The maximum atomic E-state index is 11.8. The van der Waals surface area contributed by atoms with E-state index in [1.807, 2.05) is 30.3 Å². The Bertz CT molecular complexity index is 531. The fraction of sp³-hybridized carbons (Fsp3) is 0.200. The van der Waals surface area contributed by atoms with Crippen LogP contribution >= 0.6 is 0 Å². The van der Waals surface area contributed by atoms with Crippen LogP contribution in [-0.4, -0.2) is 28.8 Å². The number of pyridine rings is 1. The third-order valence-corrected chi connectivity index (χ3v) is 2.80. The van der Waals surface area contributed by atoms with Crippen LogP contribution in [0.15, 0.2) is 54.9 Å². The number of benzene rings is 1. The first-order valence-corrected chi connectivity index (χ1v) is 6.40. The average molecular weight is 271 g/mol. The van der Waals surface area contributed by atoms with Gasteiger partial charge in [0.1, 0.15) is 0 Å². The molecule has 2 amide bonds. The van der Waals surface area contributed by atoms with Crippen molar-refractivity contribution >= 4 is 11.7 Å². The van der Waals surface area contributed by atoms with E-state index >= 15 is 0 Å². The fourth-order valence-electron chi connectivity index (χ4n) is 1.85. The first-order chi connectivity index (χ1) is 9.78. The maximum absolute atomic E-state index is 11.8. The summed E-state index contributed by atoms with van der Waals surface area (Å²) in [5.41, 5.74) is 1.68. The normalized spacial score (nSPS) is 11.7. The van der Waals surface area contributed by atoms with Crippen LogP contribution in [0.4, 0.5) is 10.5 Å². The summed E-state index contributed by atoms with van der Waals surface area (Å²) in [5.74, 6) is 0. The molecule has 104 valence electrons. The zero-order valence-electron chi connectivity index (χ0n) is 11.0. The molecule has 0 radical (unpaired) electrons. The molecule has 0 fully saturated rings. The first-order valence-electron chi connectivity index (χ1n) is 6.40. The molecule has 5 nitrogen and oxygen atoms in total. The van der Waals surface area contributed by atoms with Gasteiger partial charge in [0.05, 0.1) is 24.5 Å². The van der Waals surface area contributed by atoms with Crippen molar-refractivity contribution in [2.75, 3.05) is 11.9 Å². The van der Waals surface area contributed by atoms with E-state index in [9.17, 15) is 9.90 Å². The molecule has 0 saturated heterocycles. The Hall–Kier alpha value is -2.40. The highest BCUT2D eigenvalue weighted by atomic mass is 16.3. The third-order valence-electron chi connectivity index (χ3n) is 2.80. The summed E-state index contributed by atoms with van der Waals surface area (Å²) >= 11 is 0. The molecule has 0 aliphatic carbocycles. The van der Waals surface area contributed by atoms with E-state index in [4.69, 9.17) is 0 Å². The second kappa shape index (κ2) is 7.25. The van der Waals surface area contributed by atoms with Crippen LogP contribution in [0, 0.1) is 0 Å². The number of amides is 2. The third kappa shape index (κ3) is 4.37. The number of urea groups is 1. The smallest absolute Gasteiger partial charge is 0.319 e. The summed E-state index contributed by atoms with van der Waals surface area (Å²) in [5, 5.41) is 14.8. The van der Waals surface area contributed by atoms with Crippen molar-refractivity contribution in [1.29, 1.82) is 0 Å². The Morgan fingerprint density at radius 1 is 1.20 bits per heavy atom. The van der Waals surface area contributed by atoms with Crippen molar-refractivity contribution in [1.82, 2.24) is 10.3 Å². The van der Waals surface area contributed by atoms with Gasteiger partial charge in [-0.3, -0.25) is 4.98 Å². The number of hydrogen-bond donors (Lipinski definition) is 3. The molecule has 1 atom stereocenters. The summed E-state index contributed by atoms with van der Waals surface area (Å²) in [4.78, 5) is 15.7. The van der Waals surface area contributed by atoms with Gasteiger partial charge in [0, 0.05) is 6.20 Å². The lowest BCUT2D eigenvalue weighted by molar-refractivity contribution is 0.224. The first kappa shape index (κ1) is 14.0. The maximum Gasteiger partial charge on any atom is 0.319 e. The van der Waals surface area contributed by atoms with Gasteiger partial charge in [-0.15, -0.1) is 0 Å². The van der Waals surface area contributed by atoms with E-state index in [-0.39, 0.29) is 18.7 Å². The number of aromatic nitrogens is 1. The molecule has 0 saturated carbocycles. The Balaban J connectivity index is 1.88. The van der Waals surface area contributed by atoms with Gasteiger partial charge in [-0.05, 0) is 24.1 Å². The van der Waals surface area contributed by atoms with E-state index in [1.54, 1.807) is 24.5 Å². The number of hydrogen-bond acceptors (Lipinski definition) is 3. The summed E-state index contributed by atoms with van der Waals surface area (Å²) < 4.78 is 0. The van der Waals surface area contributed by atoms with Gasteiger partial charge >= 0.3 is 6.03 Å². The minimum Gasteiger partial charge on any atom is -0.394 e. The molecule has 1 aromatic carbocycles. The number of carbonyl (C=O) groups is 1. The topological polar surface area (TPSA) is 74.2 Å². The Morgan fingerprint density at radius 2 is 2.00 bits per heavy atom. The van der Waals surface area contributed by atoms with Gasteiger partial charge in [-0.1, -0.05) is 30.3 Å². The van der Waals surface area contributed by atoms with Crippen molar-refractivity contribution in [2.24, 2.45) is 0 Å². The predicted molar refractivity (Wildman–Crippen MR) is 77.4 cm³/mol. The van der Waals surface area contributed by atoms with Crippen LogP contribution < -0.4 is 10.6 Å². The van der Waals surface area contributed by atoms with Gasteiger partial charge in [0.2, 0.25) is 0 Å². The molecule has 0 aliphatic heterocycles. The highest BCUT2D eigenvalue weighted by Crippen LogP contribution is 2.05. The summed E-state index contributed by atoms with van der Waals surface area (Å²) in [6.07, 6.45) is 3.78. The summed E-state index contributed by atoms with van der Waals surface area (Å²) in [6, 6.07) is 12.5. The number of aliphatic hydroxyl groups is 1. The zero-order chi connectivity index (χ0) is 14.2. The minimum absolute atomic E-state index is 0.116. The molecule has 1 heterocycles. The number of carbonyl (C=O) groups excluding carboxylic acids is 1. The summed E-state index contributed by atoms with van der Waals surface area (Å²) in [6.45, 7) is -0.116. The second-order valence-corrected chi connectivity index (χ2v) is 4.41. The molecule has 0 unspecified atom stereocenters. The van der Waals surface area contributed by atoms with E-state index < -0.39 is 0 Å². The number of aliphatic hydroxyl groups excluding tert-OH is 1. The molecule has 0 spiro atoms.